The fourth-order valence-corrected chi connectivity index (χ4v) is 2.34. The lowest BCUT2D eigenvalue weighted by Crippen LogP contribution is -2.34. The van der Waals surface area contributed by atoms with Gasteiger partial charge in [-0.25, -0.2) is 4.39 Å². The SMILES string of the molecule is CC(C)(CN)C1CCOc2c(F)cccc21. The van der Waals surface area contributed by atoms with Gasteiger partial charge in [-0.05, 0) is 30.4 Å². The van der Waals surface area contributed by atoms with E-state index in [0.717, 1.165) is 12.0 Å². The Hall–Kier alpha value is -1.09. The first kappa shape index (κ1) is 11.4. The Balaban J connectivity index is 2.45. The van der Waals surface area contributed by atoms with E-state index in [2.05, 4.69) is 13.8 Å². The molecule has 0 aliphatic carbocycles. The average molecular weight is 223 g/mol. The Labute approximate surface area is 95.6 Å². The van der Waals surface area contributed by atoms with Crippen molar-refractivity contribution in [3.63, 3.8) is 0 Å². The van der Waals surface area contributed by atoms with Crippen LogP contribution in [0.1, 0.15) is 31.7 Å². The number of para-hydroxylation sites is 1. The molecule has 2 rings (SSSR count). The molecular formula is C13H18FNO. The van der Waals surface area contributed by atoms with Crippen LogP contribution >= 0.6 is 0 Å². The summed E-state index contributed by atoms with van der Waals surface area (Å²) in [6.07, 6.45) is 0.903. The number of halogens is 1. The third kappa shape index (κ3) is 1.80. The van der Waals surface area contributed by atoms with Crippen molar-refractivity contribution < 1.29 is 9.13 Å². The fourth-order valence-electron chi connectivity index (χ4n) is 2.34. The highest BCUT2D eigenvalue weighted by Crippen LogP contribution is 2.44. The summed E-state index contributed by atoms with van der Waals surface area (Å²) in [6.45, 7) is 5.41. The number of rotatable bonds is 2. The van der Waals surface area contributed by atoms with Crippen LogP contribution in [0.3, 0.4) is 0 Å². The van der Waals surface area contributed by atoms with E-state index in [1.807, 2.05) is 6.07 Å². The van der Waals surface area contributed by atoms with Gasteiger partial charge >= 0.3 is 0 Å². The summed E-state index contributed by atoms with van der Waals surface area (Å²) in [7, 11) is 0. The van der Waals surface area contributed by atoms with E-state index in [4.69, 9.17) is 10.5 Å². The van der Waals surface area contributed by atoms with Gasteiger partial charge in [0.05, 0.1) is 6.61 Å². The molecule has 1 aliphatic heterocycles. The lowest BCUT2D eigenvalue weighted by Gasteiger charge is -2.37. The van der Waals surface area contributed by atoms with Crippen molar-refractivity contribution in [2.75, 3.05) is 13.2 Å². The van der Waals surface area contributed by atoms with E-state index in [9.17, 15) is 4.39 Å². The van der Waals surface area contributed by atoms with Crippen LogP contribution < -0.4 is 10.5 Å². The molecule has 2 N–H and O–H groups in total. The molecule has 0 saturated carbocycles. The van der Waals surface area contributed by atoms with Gasteiger partial charge in [0.15, 0.2) is 11.6 Å². The number of fused-ring (bicyclic) bond motifs is 1. The maximum atomic E-state index is 13.6. The van der Waals surface area contributed by atoms with Crippen LogP contribution in [0.25, 0.3) is 0 Å². The summed E-state index contributed by atoms with van der Waals surface area (Å²) in [5.74, 6) is 0.423. The first-order valence-corrected chi connectivity index (χ1v) is 5.67. The summed E-state index contributed by atoms with van der Waals surface area (Å²) in [4.78, 5) is 0. The van der Waals surface area contributed by atoms with Gasteiger partial charge in [-0.15, -0.1) is 0 Å². The summed E-state index contributed by atoms with van der Waals surface area (Å²) in [5, 5.41) is 0. The normalized spacial score (nSPS) is 20.1. The molecule has 16 heavy (non-hydrogen) atoms. The Morgan fingerprint density at radius 2 is 2.25 bits per heavy atom. The molecule has 0 bridgehead atoms. The topological polar surface area (TPSA) is 35.2 Å². The third-order valence-corrected chi connectivity index (χ3v) is 3.50. The minimum Gasteiger partial charge on any atom is -0.490 e. The molecule has 1 heterocycles. The highest BCUT2D eigenvalue weighted by atomic mass is 19.1. The van der Waals surface area contributed by atoms with Gasteiger partial charge in [0, 0.05) is 5.56 Å². The minimum absolute atomic E-state index is 0.0215. The predicted molar refractivity (Wildman–Crippen MR) is 62.1 cm³/mol. The van der Waals surface area contributed by atoms with Gasteiger partial charge in [0.2, 0.25) is 0 Å². The van der Waals surface area contributed by atoms with Crippen LogP contribution in [0.2, 0.25) is 0 Å². The van der Waals surface area contributed by atoms with Crippen molar-refractivity contribution in [3.05, 3.63) is 29.6 Å². The summed E-state index contributed by atoms with van der Waals surface area (Å²) in [5.41, 5.74) is 6.74. The van der Waals surface area contributed by atoms with Crippen LogP contribution in [0.4, 0.5) is 4.39 Å². The summed E-state index contributed by atoms with van der Waals surface area (Å²) < 4.78 is 19.0. The van der Waals surface area contributed by atoms with E-state index >= 15 is 0 Å². The van der Waals surface area contributed by atoms with Crippen LogP contribution in [0.5, 0.6) is 5.75 Å². The second kappa shape index (κ2) is 4.06. The molecule has 0 radical (unpaired) electrons. The molecule has 88 valence electrons. The van der Waals surface area contributed by atoms with Crippen molar-refractivity contribution in [2.24, 2.45) is 11.1 Å². The van der Waals surface area contributed by atoms with Gasteiger partial charge in [-0.3, -0.25) is 0 Å². The van der Waals surface area contributed by atoms with Crippen molar-refractivity contribution in [1.29, 1.82) is 0 Å². The molecule has 0 amide bonds. The monoisotopic (exact) mass is 223 g/mol. The zero-order chi connectivity index (χ0) is 11.8. The first-order valence-electron chi connectivity index (χ1n) is 5.67. The van der Waals surface area contributed by atoms with Crippen LogP contribution in [0, 0.1) is 11.2 Å². The smallest absolute Gasteiger partial charge is 0.165 e. The first-order chi connectivity index (χ1) is 7.56. The molecule has 0 spiro atoms. The lowest BCUT2D eigenvalue weighted by molar-refractivity contribution is 0.189. The lowest BCUT2D eigenvalue weighted by atomic mass is 9.72. The number of hydrogen-bond acceptors (Lipinski definition) is 2. The van der Waals surface area contributed by atoms with Crippen molar-refractivity contribution in [3.8, 4) is 5.75 Å². The third-order valence-electron chi connectivity index (χ3n) is 3.50. The Morgan fingerprint density at radius 3 is 2.94 bits per heavy atom. The Kier molecular flexibility index (Phi) is 2.89. The summed E-state index contributed by atoms with van der Waals surface area (Å²) in [6, 6.07) is 5.12. The van der Waals surface area contributed by atoms with Crippen molar-refractivity contribution >= 4 is 0 Å². The standard InChI is InChI=1S/C13H18FNO/c1-13(2,8-15)10-6-7-16-12-9(10)4-3-5-11(12)14/h3-5,10H,6-8,15H2,1-2H3. The van der Waals surface area contributed by atoms with Crippen LogP contribution in [-0.2, 0) is 0 Å². The molecule has 1 atom stereocenters. The summed E-state index contributed by atoms with van der Waals surface area (Å²) >= 11 is 0. The average Bonchev–Trinajstić information content (AvgIpc) is 2.29. The largest absolute Gasteiger partial charge is 0.490 e. The van der Waals surface area contributed by atoms with E-state index in [1.54, 1.807) is 6.07 Å². The molecule has 1 aromatic rings. The number of ether oxygens (including phenoxy) is 1. The van der Waals surface area contributed by atoms with Crippen LogP contribution in [-0.4, -0.2) is 13.2 Å². The molecule has 0 aromatic heterocycles. The molecule has 3 heteroatoms. The number of hydrogen-bond donors (Lipinski definition) is 1. The maximum absolute atomic E-state index is 13.6. The molecule has 1 unspecified atom stereocenters. The van der Waals surface area contributed by atoms with Crippen LogP contribution in [0.15, 0.2) is 18.2 Å². The Morgan fingerprint density at radius 1 is 1.50 bits per heavy atom. The Bertz CT molecular complexity index is 390. The van der Waals surface area contributed by atoms with E-state index in [0.29, 0.717) is 18.9 Å². The van der Waals surface area contributed by atoms with Gasteiger partial charge in [0.1, 0.15) is 0 Å². The second-order valence-corrected chi connectivity index (χ2v) is 5.04. The van der Waals surface area contributed by atoms with E-state index in [1.165, 1.54) is 6.07 Å². The van der Waals surface area contributed by atoms with Gasteiger partial charge in [-0.1, -0.05) is 26.0 Å². The van der Waals surface area contributed by atoms with E-state index in [-0.39, 0.29) is 17.2 Å². The molecule has 2 nitrogen and oxygen atoms in total. The van der Waals surface area contributed by atoms with Gasteiger partial charge in [-0.2, -0.15) is 0 Å². The maximum Gasteiger partial charge on any atom is 0.165 e. The second-order valence-electron chi connectivity index (χ2n) is 5.04. The molecule has 0 fully saturated rings. The van der Waals surface area contributed by atoms with Crippen molar-refractivity contribution in [2.45, 2.75) is 26.2 Å². The highest BCUT2D eigenvalue weighted by Gasteiger charge is 2.34. The molecule has 0 saturated heterocycles. The predicted octanol–water partition coefficient (Wildman–Crippen LogP) is 2.68. The van der Waals surface area contributed by atoms with Gasteiger partial charge in [0.25, 0.3) is 0 Å². The zero-order valence-corrected chi connectivity index (χ0v) is 9.79. The van der Waals surface area contributed by atoms with Gasteiger partial charge < -0.3 is 10.5 Å². The number of benzene rings is 1. The molecule has 1 aromatic carbocycles. The van der Waals surface area contributed by atoms with Crippen molar-refractivity contribution in [1.82, 2.24) is 0 Å². The number of nitrogens with two attached hydrogens (primary N) is 1. The fraction of sp³-hybridized carbons (Fsp3) is 0.538. The highest BCUT2D eigenvalue weighted by molar-refractivity contribution is 5.40. The van der Waals surface area contributed by atoms with E-state index < -0.39 is 0 Å². The quantitative estimate of drug-likeness (QED) is 0.836. The molecule has 1 aliphatic rings. The molecular weight excluding hydrogens is 205 g/mol. The zero-order valence-electron chi connectivity index (χ0n) is 9.79. The minimum atomic E-state index is -0.268.